The average molecular weight is 278 g/mol. The van der Waals surface area contributed by atoms with E-state index in [1.165, 1.54) is 0 Å². The zero-order valence-electron chi connectivity index (χ0n) is 5.27. The van der Waals surface area contributed by atoms with E-state index in [0.717, 1.165) is 0 Å². The van der Waals surface area contributed by atoms with E-state index in [2.05, 4.69) is 25.3 Å². The van der Waals surface area contributed by atoms with Crippen molar-refractivity contribution in [3.05, 3.63) is 0 Å². The molecule has 0 aliphatic carbocycles. The molecule has 0 aromatic heterocycles. The van der Waals surface area contributed by atoms with E-state index in [4.69, 9.17) is 4.55 Å². The van der Waals surface area contributed by atoms with Crippen molar-refractivity contribution in [3.63, 3.8) is 0 Å². The maximum Gasteiger partial charge on any atom is 0 e. The summed E-state index contributed by atoms with van der Waals surface area (Å²) in [7, 11) is -3.82. The van der Waals surface area contributed by atoms with Crippen molar-refractivity contribution in [2.24, 2.45) is 0 Å². The number of thiol groups is 2. The largest absolute Gasteiger partial charge is 0 e. The van der Waals surface area contributed by atoms with E-state index < -0.39 is 10.1 Å². The van der Waals surface area contributed by atoms with Gasteiger partial charge in [0.2, 0.25) is 0 Å². The molecule has 0 radical (unpaired) electrons. The Kier molecular flexibility index (Phi) is 15.2. The minimum Gasteiger partial charge on any atom is 0 e. The first-order valence-corrected chi connectivity index (χ1v) is 4.87. The Morgan fingerprint density at radius 2 is 1.73 bits per heavy atom. The van der Waals surface area contributed by atoms with Crippen molar-refractivity contribution in [2.75, 3.05) is 5.75 Å². The summed E-state index contributed by atoms with van der Waals surface area (Å²) < 4.78 is 27.9. The summed E-state index contributed by atoms with van der Waals surface area (Å²) in [6, 6.07) is 0. The van der Waals surface area contributed by atoms with E-state index in [0.29, 0.717) is 0 Å². The van der Waals surface area contributed by atoms with Crippen molar-refractivity contribution in [1.29, 1.82) is 0 Å². The van der Waals surface area contributed by atoms with Gasteiger partial charge in [-0.15, -0.1) is 0 Å². The Morgan fingerprint density at radius 3 is 1.82 bits per heavy atom. The van der Waals surface area contributed by atoms with Crippen LogP contribution in [0.15, 0.2) is 0 Å². The Hall–Kier alpha value is 2.23. The predicted molar refractivity (Wildman–Crippen MR) is 49.9 cm³/mol. The molecular weight excluding hydrogens is 269 g/mol. The van der Waals surface area contributed by atoms with Crippen LogP contribution in [0, 0.1) is 0 Å². The van der Waals surface area contributed by atoms with Gasteiger partial charge in [-0.2, -0.15) is 33.7 Å². The Morgan fingerprint density at radius 1 is 1.36 bits per heavy atom. The molecule has 0 bridgehead atoms. The molecule has 0 fully saturated rings. The summed E-state index contributed by atoms with van der Waals surface area (Å²) >= 11 is 7.60. The fraction of sp³-hybridized carbons (Fsp3) is 1.00. The van der Waals surface area contributed by atoms with Crippen molar-refractivity contribution >= 4 is 64.9 Å². The Labute approximate surface area is 113 Å². The average Bonchev–Trinajstić information content (AvgIpc) is 1.59. The normalized spacial score (nSPS) is 10.2. The third kappa shape index (κ3) is 18.9. The van der Waals surface area contributed by atoms with Gasteiger partial charge in [-0.25, -0.2) is 0 Å². The first-order valence-electron chi connectivity index (χ1n) is 2.23. The summed E-state index contributed by atoms with van der Waals surface area (Å²) in [5, 5.41) is 0. The summed E-state index contributed by atoms with van der Waals surface area (Å²) in [4.78, 5) is 0. The zero-order valence-corrected chi connectivity index (χ0v) is 10.8. The van der Waals surface area contributed by atoms with Crippen LogP contribution >= 0.6 is 25.3 Å². The Bertz CT molecular complexity index is 169. The molecule has 0 aliphatic heterocycles. The van der Waals surface area contributed by atoms with Gasteiger partial charge in [-0.05, 0) is 6.42 Å². The summed E-state index contributed by atoms with van der Waals surface area (Å²) in [6.07, 6.45) is 0.255. The number of hydrogen-bond acceptors (Lipinski definition) is 4. The second kappa shape index (κ2) is 8.82. The van der Waals surface area contributed by atoms with Crippen LogP contribution < -0.4 is 0 Å². The van der Waals surface area contributed by atoms with Crippen LogP contribution in [0.3, 0.4) is 0 Å². The molecule has 0 heterocycles. The maximum atomic E-state index is 10.0. The molecule has 0 rings (SSSR count). The fourth-order valence-corrected chi connectivity index (χ4v) is 1.40. The van der Waals surface area contributed by atoms with Crippen LogP contribution in [-0.2, 0) is 29.6 Å². The maximum absolute atomic E-state index is 10.0. The van der Waals surface area contributed by atoms with Gasteiger partial charge in [0.05, 0.1) is 5.75 Å². The third-order valence-corrected chi connectivity index (χ3v) is 1.90. The molecule has 0 unspecified atom stereocenters. The minimum atomic E-state index is -3.82. The quantitative estimate of drug-likeness (QED) is 0.290. The fourth-order valence-electron chi connectivity index (χ4n) is 0.254. The number of rotatable bonds is 3. The molecule has 0 saturated carbocycles. The van der Waals surface area contributed by atoms with E-state index in [-0.39, 0.29) is 65.8 Å². The molecular formula is C3H9NaO3S3Zn. The first-order chi connectivity index (χ1) is 3.92. The van der Waals surface area contributed by atoms with Gasteiger partial charge in [-0.3, -0.25) is 4.55 Å². The van der Waals surface area contributed by atoms with Crippen LogP contribution in [-0.4, -0.2) is 52.9 Å². The van der Waals surface area contributed by atoms with Gasteiger partial charge in [0.1, 0.15) is 0 Å². The minimum absolute atomic E-state index is 0. The van der Waals surface area contributed by atoms with Gasteiger partial charge in [0, 0.05) is 24.1 Å². The molecule has 8 heteroatoms. The molecule has 60 valence electrons. The monoisotopic (exact) mass is 276 g/mol. The van der Waals surface area contributed by atoms with Gasteiger partial charge < -0.3 is 0 Å². The summed E-state index contributed by atoms with van der Waals surface area (Å²) in [6.45, 7) is 0. The molecule has 0 atom stereocenters. The van der Waals surface area contributed by atoms with Crippen molar-refractivity contribution in [1.82, 2.24) is 0 Å². The molecule has 3 nitrogen and oxygen atoms in total. The van der Waals surface area contributed by atoms with Gasteiger partial charge in [0.25, 0.3) is 10.1 Å². The van der Waals surface area contributed by atoms with Gasteiger partial charge in [-0.1, -0.05) is 0 Å². The van der Waals surface area contributed by atoms with E-state index >= 15 is 0 Å². The van der Waals surface area contributed by atoms with E-state index in [9.17, 15) is 8.42 Å². The standard InChI is InChI=1S/C3H8O3S3.Na.Zn.H/c4-9(5,6)2-1-3(7)8;;;/h3,7-8H,1-2H2,(H,4,5,6);;;. The van der Waals surface area contributed by atoms with E-state index in [1.54, 1.807) is 0 Å². The second-order valence-corrected chi connectivity index (χ2v) is 4.78. The predicted octanol–water partition coefficient (Wildman–Crippen LogP) is -0.201. The second-order valence-electron chi connectivity index (χ2n) is 1.56. The molecule has 0 amide bonds. The molecule has 11 heavy (non-hydrogen) atoms. The smallest absolute Gasteiger partial charge is 0 e. The Balaban J connectivity index is -0.000000320. The van der Waals surface area contributed by atoms with Crippen molar-refractivity contribution in [3.8, 4) is 0 Å². The van der Waals surface area contributed by atoms with Gasteiger partial charge >= 0.3 is 29.6 Å². The SMILES string of the molecule is O=S(=O)(O)CCC(S)S.[NaH].[Zn]. The number of hydrogen-bond donors (Lipinski definition) is 3. The third-order valence-electron chi connectivity index (χ3n) is 0.634. The molecule has 1 N–H and O–H groups in total. The van der Waals surface area contributed by atoms with Crippen molar-refractivity contribution < 1.29 is 32.4 Å². The summed E-state index contributed by atoms with van der Waals surface area (Å²) in [5.74, 6) is -0.273. The van der Waals surface area contributed by atoms with Crippen LogP contribution in [0.25, 0.3) is 0 Å². The van der Waals surface area contributed by atoms with Crippen LogP contribution in [0.1, 0.15) is 6.42 Å². The summed E-state index contributed by atoms with van der Waals surface area (Å²) in [5.41, 5.74) is 0. The van der Waals surface area contributed by atoms with Crippen molar-refractivity contribution in [2.45, 2.75) is 11.0 Å². The molecule has 0 spiro atoms. The van der Waals surface area contributed by atoms with Crippen LogP contribution in [0.4, 0.5) is 0 Å². The topological polar surface area (TPSA) is 54.4 Å². The molecule has 0 aromatic rings. The molecule has 0 saturated heterocycles. The van der Waals surface area contributed by atoms with Crippen LogP contribution in [0.5, 0.6) is 0 Å². The zero-order chi connectivity index (χ0) is 7.49. The van der Waals surface area contributed by atoms with Crippen LogP contribution in [0.2, 0.25) is 0 Å². The van der Waals surface area contributed by atoms with E-state index in [1.807, 2.05) is 0 Å². The van der Waals surface area contributed by atoms with Gasteiger partial charge in [0.15, 0.2) is 0 Å². The molecule has 0 aromatic carbocycles. The molecule has 0 aliphatic rings. The first kappa shape index (κ1) is 18.9.